The van der Waals surface area contributed by atoms with E-state index in [4.69, 9.17) is 9.97 Å². The van der Waals surface area contributed by atoms with Gasteiger partial charge in [0.2, 0.25) is 5.95 Å². The van der Waals surface area contributed by atoms with E-state index in [9.17, 15) is 0 Å². The third-order valence-electron chi connectivity index (χ3n) is 6.43. The Hall–Kier alpha value is -3.55. The number of piperidine rings is 1. The number of imidazole rings is 1. The van der Waals surface area contributed by atoms with Gasteiger partial charge in [0.05, 0.1) is 6.20 Å². The van der Waals surface area contributed by atoms with Crippen LogP contribution in [0.15, 0.2) is 55.2 Å². The van der Waals surface area contributed by atoms with E-state index in [1.807, 2.05) is 47.3 Å². The summed E-state index contributed by atoms with van der Waals surface area (Å²) < 4.78 is 4.02. The summed E-state index contributed by atoms with van der Waals surface area (Å²) in [4.78, 5) is 16.7. The highest BCUT2D eigenvalue weighted by atomic mass is 15.4. The molecule has 0 unspecified atom stereocenters. The van der Waals surface area contributed by atoms with Crippen LogP contribution in [-0.2, 0) is 5.54 Å². The van der Waals surface area contributed by atoms with Crippen LogP contribution < -0.4 is 4.90 Å². The number of rotatable bonds is 3. The van der Waals surface area contributed by atoms with Crippen LogP contribution in [0.25, 0.3) is 23.0 Å². The van der Waals surface area contributed by atoms with Gasteiger partial charge in [-0.15, -0.1) is 10.2 Å². The summed E-state index contributed by atoms with van der Waals surface area (Å²) in [7, 11) is 0. The minimum Gasteiger partial charge on any atom is -0.342 e. The summed E-state index contributed by atoms with van der Waals surface area (Å²) >= 11 is 0. The van der Waals surface area contributed by atoms with Gasteiger partial charge < -0.3 is 4.90 Å². The van der Waals surface area contributed by atoms with E-state index in [1.54, 1.807) is 12.5 Å². The van der Waals surface area contributed by atoms with E-state index in [2.05, 4.69) is 31.6 Å². The van der Waals surface area contributed by atoms with Gasteiger partial charge in [-0.2, -0.15) is 4.98 Å². The van der Waals surface area contributed by atoms with Crippen molar-refractivity contribution in [1.29, 1.82) is 0 Å². The molecule has 2 aliphatic heterocycles. The topological polar surface area (TPSA) is 77.5 Å². The molecule has 2 aliphatic rings. The zero-order chi connectivity index (χ0) is 20.1. The predicted octanol–water partition coefficient (Wildman–Crippen LogP) is 3.52. The normalized spacial score (nSPS) is 19.8. The lowest BCUT2D eigenvalue weighted by Crippen LogP contribution is -2.53. The number of aromatic nitrogens is 7. The van der Waals surface area contributed by atoms with Gasteiger partial charge in [-0.25, -0.2) is 9.97 Å². The van der Waals surface area contributed by atoms with Gasteiger partial charge in [0, 0.05) is 24.5 Å². The fraction of sp³-hybridized carbons (Fsp3) is 0.318. The van der Waals surface area contributed by atoms with Crippen molar-refractivity contribution in [2.45, 2.75) is 38.1 Å². The second kappa shape index (κ2) is 6.48. The van der Waals surface area contributed by atoms with Crippen molar-refractivity contribution >= 4 is 5.82 Å². The maximum Gasteiger partial charge on any atom is 0.237 e. The average molecular weight is 398 g/mol. The summed E-state index contributed by atoms with van der Waals surface area (Å²) in [6, 6.07) is 10.1. The highest BCUT2D eigenvalue weighted by molar-refractivity contribution is 5.65. The molecule has 0 N–H and O–H groups in total. The highest BCUT2D eigenvalue weighted by Gasteiger charge is 2.47. The molecule has 0 spiro atoms. The minimum absolute atomic E-state index is 0.162. The number of benzene rings is 1. The molecule has 150 valence electrons. The number of hydrogen-bond donors (Lipinski definition) is 0. The van der Waals surface area contributed by atoms with Crippen LogP contribution in [0.5, 0.6) is 0 Å². The molecular formula is C22H22N8. The Morgan fingerprint density at radius 3 is 2.83 bits per heavy atom. The van der Waals surface area contributed by atoms with Gasteiger partial charge in [0.15, 0.2) is 11.6 Å². The second-order valence-electron chi connectivity index (χ2n) is 7.88. The molecule has 3 aromatic heterocycles. The van der Waals surface area contributed by atoms with Crippen LogP contribution in [0.2, 0.25) is 0 Å². The SMILES string of the molecule is CC[C@]12CCCCN1c1nc(-n3ccnc3-c3ccccc3)ncc1-n1cnnc12. The third kappa shape index (κ3) is 2.30. The van der Waals surface area contributed by atoms with Gasteiger partial charge in [0.1, 0.15) is 23.4 Å². The Bertz CT molecular complexity index is 1210. The first kappa shape index (κ1) is 17.3. The van der Waals surface area contributed by atoms with Crippen molar-refractivity contribution in [3.05, 3.63) is 61.1 Å². The predicted molar refractivity (Wildman–Crippen MR) is 113 cm³/mol. The molecule has 0 radical (unpaired) electrons. The lowest BCUT2D eigenvalue weighted by Gasteiger charge is -2.49. The van der Waals surface area contributed by atoms with E-state index in [1.165, 1.54) is 6.42 Å². The molecule has 1 fully saturated rings. The molecule has 1 atom stereocenters. The van der Waals surface area contributed by atoms with E-state index >= 15 is 0 Å². The average Bonchev–Trinajstić information content (AvgIpc) is 3.50. The molecule has 1 aromatic carbocycles. The fourth-order valence-corrected chi connectivity index (χ4v) is 4.94. The zero-order valence-corrected chi connectivity index (χ0v) is 16.8. The smallest absolute Gasteiger partial charge is 0.237 e. The molecule has 6 rings (SSSR count). The van der Waals surface area contributed by atoms with Crippen LogP contribution in [0.1, 0.15) is 38.4 Å². The Morgan fingerprint density at radius 1 is 1.07 bits per heavy atom. The molecule has 0 bridgehead atoms. The van der Waals surface area contributed by atoms with Gasteiger partial charge in [0.25, 0.3) is 0 Å². The fourth-order valence-electron chi connectivity index (χ4n) is 4.94. The largest absolute Gasteiger partial charge is 0.342 e. The molecule has 1 saturated heterocycles. The van der Waals surface area contributed by atoms with Crippen LogP contribution in [0.4, 0.5) is 5.82 Å². The minimum atomic E-state index is -0.162. The number of nitrogens with zero attached hydrogens (tertiary/aromatic N) is 8. The molecule has 0 saturated carbocycles. The standard InChI is InChI=1S/C22H22N8/c1-2-22-10-6-7-12-30(22)19-17(29-15-25-27-20(22)29)14-24-21(26-19)28-13-11-23-18(28)16-8-4-3-5-9-16/h3-5,8-9,11,13-15H,2,6-7,10,12H2,1H3/t22-/m1/s1. The van der Waals surface area contributed by atoms with Crippen molar-refractivity contribution in [3.63, 3.8) is 0 Å². The van der Waals surface area contributed by atoms with Crippen molar-refractivity contribution in [3.8, 4) is 23.0 Å². The first-order valence-electron chi connectivity index (χ1n) is 10.5. The summed E-state index contributed by atoms with van der Waals surface area (Å²) in [6.07, 6.45) is 11.7. The third-order valence-corrected chi connectivity index (χ3v) is 6.43. The lowest BCUT2D eigenvalue weighted by atomic mass is 9.82. The molecule has 0 aliphatic carbocycles. The van der Waals surface area contributed by atoms with E-state index in [0.29, 0.717) is 5.95 Å². The van der Waals surface area contributed by atoms with Crippen LogP contribution in [-0.4, -0.2) is 40.8 Å². The Morgan fingerprint density at radius 2 is 1.97 bits per heavy atom. The Balaban J connectivity index is 1.53. The summed E-state index contributed by atoms with van der Waals surface area (Å²) in [5.41, 5.74) is 1.81. The van der Waals surface area contributed by atoms with Crippen LogP contribution in [0.3, 0.4) is 0 Å². The molecule has 0 amide bonds. The molecule has 8 nitrogen and oxygen atoms in total. The van der Waals surface area contributed by atoms with Gasteiger partial charge >= 0.3 is 0 Å². The molecule has 4 aromatic rings. The number of fused-ring (bicyclic) bond motifs is 6. The summed E-state index contributed by atoms with van der Waals surface area (Å²) in [5, 5.41) is 8.74. The van der Waals surface area contributed by atoms with E-state index < -0.39 is 0 Å². The van der Waals surface area contributed by atoms with Crippen molar-refractivity contribution in [2.75, 3.05) is 11.4 Å². The number of hydrogen-bond acceptors (Lipinski definition) is 6. The first-order chi connectivity index (χ1) is 14.8. The summed E-state index contributed by atoms with van der Waals surface area (Å²) in [5.74, 6) is 3.40. The number of anilines is 1. The van der Waals surface area contributed by atoms with Gasteiger partial charge in [-0.3, -0.25) is 9.13 Å². The second-order valence-corrected chi connectivity index (χ2v) is 7.88. The highest BCUT2D eigenvalue weighted by Crippen LogP contribution is 2.47. The van der Waals surface area contributed by atoms with E-state index in [0.717, 1.165) is 54.5 Å². The molecule has 30 heavy (non-hydrogen) atoms. The van der Waals surface area contributed by atoms with Crippen LogP contribution >= 0.6 is 0 Å². The van der Waals surface area contributed by atoms with Gasteiger partial charge in [-0.1, -0.05) is 37.3 Å². The molecule has 5 heterocycles. The van der Waals surface area contributed by atoms with Gasteiger partial charge in [-0.05, 0) is 25.7 Å². The quantitative estimate of drug-likeness (QED) is 0.525. The molecular weight excluding hydrogens is 376 g/mol. The monoisotopic (exact) mass is 398 g/mol. The molecule has 8 heteroatoms. The van der Waals surface area contributed by atoms with E-state index in [-0.39, 0.29) is 5.54 Å². The summed E-state index contributed by atoms with van der Waals surface area (Å²) in [6.45, 7) is 3.19. The maximum atomic E-state index is 5.06. The zero-order valence-electron chi connectivity index (χ0n) is 16.8. The maximum absolute atomic E-state index is 5.06. The Labute approximate surface area is 174 Å². The van der Waals surface area contributed by atoms with Crippen molar-refractivity contribution < 1.29 is 0 Å². The lowest BCUT2D eigenvalue weighted by molar-refractivity contribution is 0.274. The van der Waals surface area contributed by atoms with Crippen molar-refractivity contribution in [2.24, 2.45) is 0 Å². The van der Waals surface area contributed by atoms with Crippen molar-refractivity contribution in [1.82, 2.24) is 34.3 Å². The Kier molecular flexibility index (Phi) is 3.74. The first-order valence-corrected chi connectivity index (χ1v) is 10.5. The van der Waals surface area contributed by atoms with Crippen LogP contribution in [0, 0.1) is 0 Å².